The summed E-state index contributed by atoms with van der Waals surface area (Å²) < 4.78 is 4.62. The molecule has 0 aliphatic carbocycles. The molecule has 3 heteroatoms. The van der Waals surface area contributed by atoms with E-state index in [1.54, 1.807) is 12.1 Å². The lowest BCUT2D eigenvalue weighted by Crippen LogP contribution is -2.00. The zero-order valence-electron chi connectivity index (χ0n) is 9.77. The Morgan fingerprint density at radius 3 is 2.62 bits per heavy atom. The maximum atomic E-state index is 11.2. The molecule has 86 valence electrons. The van der Waals surface area contributed by atoms with Crippen LogP contribution in [0.2, 0.25) is 0 Å². The van der Waals surface area contributed by atoms with Gasteiger partial charge in [-0.15, -0.1) is 0 Å². The fourth-order valence-electron chi connectivity index (χ4n) is 1.24. The molecule has 0 saturated heterocycles. The Kier molecular flexibility index (Phi) is 5.26. The van der Waals surface area contributed by atoms with E-state index in [-0.39, 0.29) is 5.97 Å². The molecule has 16 heavy (non-hydrogen) atoms. The summed E-state index contributed by atoms with van der Waals surface area (Å²) in [5, 5.41) is 0. The molecule has 0 N–H and O–H groups in total. The molecule has 0 amide bonds. The topological polar surface area (TPSA) is 38.7 Å². The highest BCUT2D eigenvalue weighted by atomic mass is 16.5. The summed E-state index contributed by atoms with van der Waals surface area (Å²) in [5.41, 5.74) is 1.57. The van der Waals surface area contributed by atoms with E-state index in [1.807, 2.05) is 18.3 Å². The summed E-state index contributed by atoms with van der Waals surface area (Å²) in [6, 6.07) is 7.21. The Morgan fingerprint density at radius 1 is 1.38 bits per heavy atom. The first-order chi connectivity index (χ1) is 7.77. The van der Waals surface area contributed by atoms with Gasteiger partial charge in [0.25, 0.3) is 0 Å². The quantitative estimate of drug-likeness (QED) is 0.434. The van der Waals surface area contributed by atoms with Crippen LogP contribution in [0.25, 0.3) is 0 Å². The molecular weight excluding hydrogens is 202 g/mol. The van der Waals surface area contributed by atoms with Crippen molar-refractivity contribution in [3.63, 3.8) is 0 Å². The molecule has 0 aliphatic rings. The van der Waals surface area contributed by atoms with Crippen LogP contribution in [-0.2, 0) is 4.74 Å². The van der Waals surface area contributed by atoms with Crippen molar-refractivity contribution in [1.82, 2.24) is 0 Å². The smallest absolute Gasteiger partial charge is 0.337 e. The molecule has 1 aromatic rings. The van der Waals surface area contributed by atoms with Crippen molar-refractivity contribution in [2.45, 2.75) is 19.8 Å². The van der Waals surface area contributed by atoms with Crippen LogP contribution in [0.4, 0.5) is 0 Å². The van der Waals surface area contributed by atoms with Crippen LogP contribution in [0.5, 0.6) is 0 Å². The van der Waals surface area contributed by atoms with Gasteiger partial charge in [-0.3, -0.25) is 4.99 Å². The summed E-state index contributed by atoms with van der Waals surface area (Å²) in [6.07, 6.45) is 4.09. The van der Waals surface area contributed by atoms with Gasteiger partial charge in [0.05, 0.1) is 12.7 Å². The van der Waals surface area contributed by atoms with Crippen LogP contribution in [0.1, 0.15) is 35.7 Å². The second-order valence-corrected chi connectivity index (χ2v) is 3.50. The number of nitrogens with zero attached hydrogens (tertiary/aromatic N) is 1. The molecule has 0 saturated carbocycles. The van der Waals surface area contributed by atoms with Crippen molar-refractivity contribution in [3.8, 4) is 0 Å². The van der Waals surface area contributed by atoms with Crippen molar-refractivity contribution >= 4 is 12.2 Å². The number of hydrogen-bond donors (Lipinski definition) is 0. The summed E-state index contributed by atoms with van der Waals surface area (Å²) in [4.78, 5) is 15.5. The predicted molar refractivity (Wildman–Crippen MR) is 65.2 cm³/mol. The second kappa shape index (κ2) is 6.77. The standard InChI is InChI=1S/C13H17NO2/c1-3-4-9-14-10-11-5-7-12(8-6-11)13(15)16-2/h5-8,10H,3-4,9H2,1-2H3/b14-10+. The Morgan fingerprint density at radius 2 is 2.06 bits per heavy atom. The van der Waals surface area contributed by atoms with E-state index in [0.717, 1.165) is 24.9 Å². The first-order valence-corrected chi connectivity index (χ1v) is 5.46. The third kappa shape index (κ3) is 3.85. The number of esters is 1. The fourth-order valence-corrected chi connectivity index (χ4v) is 1.24. The molecule has 0 atom stereocenters. The maximum Gasteiger partial charge on any atom is 0.337 e. The van der Waals surface area contributed by atoms with Crippen LogP contribution in [0.15, 0.2) is 29.3 Å². The normalized spacial score (nSPS) is 10.6. The fraction of sp³-hybridized carbons (Fsp3) is 0.385. The third-order valence-corrected chi connectivity index (χ3v) is 2.21. The SMILES string of the molecule is CCCC/N=C/c1ccc(C(=O)OC)cc1. The molecule has 1 rings (SSSR count). The average molecular weight is 219 g/mol. The number of rotatable bonds is 5. The summed E-state index contributed by atoms with van der Waals surface area (Å²) in [5.74, 6) is -0.311. The van der Waals surface area contributed by atoms with Gasteiger partial charge in [-0.2, -0.15) is 0 Å². The second-order valence-electron chi connectivity index (χ2n) is 3.50. The number of hydrogen-bond acceptors (Lipinski definition) is 3. The highest BCUT2D eigenvalue weighted by molar-refractivity contribution is 5.90. The number of methoxy groups -OCH3 is 1. The zero-order valence-corrected chi connectivity index (χ0v) is 9.77. The van der Waals surface area contributed by atoms with Gasteiger partial charge in [0.1, 0.15) is 0 Å². The lowest BCUT2D eigenvalue weighted by Gasteiger charge is -1.99. The molecule has 0 heterocycles. The molecule has 0 spiro atoms. The lowest BCUT2D eigenvalue weighted by molar-refractivity contribution is 0.0601. The van der Waals surface area contributed by atoms with Gasteiger partial charge in [0, 0.05) is 12.8 Å². The van der Waals surface area contributed by atoms with E-state index in [1.165, 1.54) is 7.11 Å². The van der Waals surface area contributed by atoms with Crippen LogP contribution < -0.4 is 0 Å². The largest absolute Gasteiger partial charge is 0.465 e. The molecule has 0 aromatic heterocycles. The summed E-state index contributed by atoms with van der Waals surface area (Å²) in [7, 11) is 1.38. The molecule has 3 nitrogen and oxygen atoms in total. The van der Waals surface area contributed by atoms with E-state index < -0.39 is 0 Å². The molecule has 0 fully saturated rings. The first kappa shape index (κ1) is 12.4. The minimum Gasteiger partial charge on any atom is -0.465 e. The van der Waals surface area contributed by atoms with Gasteiger partial charge in [0.15, 0.2) is 0 Å². The Balaban J connectivity index is 2.57. The minimum atomic E-state index is -0.311. The number of carbonyl (C=O) groups excluding carboxylic acids is 1. The van der Waals surface area contributed by atoms with Gasteiger partial charge < -0.3 is 4.74 Å². The summed E-state index contributed by atoms with van der Waals surface area (Å²) >= 11 is 0. The van der Waals surface area contributed by atoms with Crippen LogP contribution in [-0.4, -0.2) is 25.8 Å². The van der Waals surface area contributed by atoms with E-state index in [9.17, 15) is 4.79 Å². The van der Waals surface area contributed by atoms with Crippen molar-refractivity contribution < 1.29 is 9.53 Å². The number of unbranched alkanes of at least 4 members (excludes halogenated alkanes) is 1. The number of aliphatic imine (C=N–C) groups is 1. The monoisotopic (exact) mass is 219 g/mol. The number of benzene rings is 1. The van der Waals surface area contributed by atoms with Crippen LogP contribution >= 0.6 is 0 Å². The zero-order chi connectivity index (χ0) is 11.8. The lowest BCUT2D eigenvalue weighted by atomic mass is 10.1. The number of ether oxygens (including phenoxy) is 1. The van der Waals surface area contributed by atoms with E-state index in [0.29, 0.717) is 5.56 Å². The van der Waals surface area contributed by atoms with Crippen molar-refractivity contribution in [3.05, 3.63) is 35.4 Å². The van der Waals surface area contributed by atoms with Crippen molar-refractivity contribution in [1.29, 1.82) is 0 Å². The van der Waals surface area contributed by atoms with Gasteiger partial charge in [-0.1, -0.05) is 25.5 Å². The minimum absolute atomic E-state index is 0.311. The molecule has 0 unspecified atom stereocenters. The third-order valence-electron chi connectivity index (χ3n) is 2.21. The highest BCUT2D eigenvalue weighted by Gasteiger charge is 2.02. The first-order valence-electron chi connectivity index (χ1n) is 5.46. The number of carbonyl (C=O) groups is 1. The Bertz CT molecular complexity index is 355. The van der Waals surface area contributed by atoms with Gasteiger partial charge in [-0.05, 0) is 24.1 Å². The highest BCUT2D eigenvalue weighted by Crippen LogP contribution is 2.04. The van der Waals surface area contributed by atoms with Gasteiger partial charge in [-0.25, -0.2) is 4.79 Å². The molecule has 0 bridgehead atoms. The molecular formula is C13H17NO2. The van der Waals surface area contributed by atoms with Gasteiger partial charge >= 0.3 is 5.97 Å². The summed E-state index contributed by atoms with van der Waals surface area (Å²) in [6.45, 7) is 3.00. The molecule has 0 aliphatic heterocycles. The van der Waals surface area contributed by atoms with Crippen molar-refractivity contribution in [2.24, 2.45) is 4.99 Å². The van der Waals surface area contributed by atoms with Crippen LogP contribution in [0, 0.1) is 0 Å². The average Bonchev–Trinajstić information content (AvgIpc) is 2.34. The Labute approximate surface area is 96.2 Å². The van der Waals surface area contributed by atoms with E-state index >= 15 is 0 Å². The van der Waals surface area contributed by atoms with E-state index in [4.69, 9.17) is 0 Å². The van der Waals surface area contributed by atoms with Gasteiger partial charge in [0.2, 0.25) is 0 Å². The molecule has 0 radical (unpaired) electrons. The van der Waals surface area contributed by atoms with Crippen LogP contribution in [0.3, 0.4) is 0 Å². The van der Waals surface area contributed by atoms with Crippen molar-refractivity contribution in [2.75, 3.05) is 13.7 Å². The predicted octanol–water partition coefficient (Wildman–Crippen LogP) is 2.69. The Hall–Kier alpha value is -1.64. The molecule has 1 aromatic carbocycles. The van der Waals surface area contributed by atoms with E-state index in [2.05, 4.69) is 16.7 Å². The maximum absolute atomic E-state index is 11.2.